The minimum atomic E-state index is -1.42. The van der Waals surface area contributed by atoms with E-state index in [1.807, 2.05) is 54.6 Å². The Labute approximate surface area is 450 Å². The summed E-state index contributed by atoms with van der Waals surface area (Å²) >= 11 is 8.68. The second kappa shape index (κ2) is 23.5. The fourth-order valence-electron chi connectivity index (χ4n) is 10.8. The number of fused-ring (bicyclic) bond motifs is 6. The van der Waals surface area contributed by atoms with E-state index in [2.05, 4.69) is 53.9 Å². The van der Waals surface area contributed by atoms with E-state index in [0.717, 1.165) is 66.4 Å². The molecule has 4 bridgehead atoms. The predicted molar refractivity (Wildman–Crippen MR) is 289 cm³/mol. The Bertz CT molecular complexity index is 3160. The number of carboxylic acids is 1. The summed E-state index contributed by atoms with van der Waals surface area (Å²) in [5, 5.41) is 46.4. The highest BCUT2D eigenvalue weighted by Crippen LogP contribution is 2.51. The Kier molecular flexibility index (Phi) is 16.0. The summed E-state index contributed by atoms with van der Waals surface area (Å²) in [4.78, 5) is 40.5. The number of phenols is 1. The molecule has 396 valence electrons. The van der Waals surface area contributed by atoms with Gasteiger partial charge in [-0.1, -0.05) is 85.1 Å². The Morgan fingerprint density at radius 3 is 2.28 bits per heavy atom. The SMILES string of the molecule is O=C(O)[C@H]1Cc2cc(ccc2OCc2ccnc(-c3cccc(OCCN4CCN(O)CC4)c3)n2)CN(CCN2CCN(O)CC2)Cc2ccc(c(O)c2Cl)-c2c(-c3ccc(C4CCCC4)cc3)sc3ncnc(c23)O1. The Morgan fingerprint density at radius 1 is 0.763 bits per heavy atom. The van der Waals surface area contributed by atoms with Crippen molar-refractivity contribution >= 4 is 39.1 Å². The van der Waals surface area contributed by atoms with E-state index in [1.54, 1.807) is 12.3 Å². The molecule has 76 heavy (non-hydrogen) atoms. The molecule has 12 rings (SSSR count). The first-order chi connectivity index (χ1) is 37.1. The van der Waals surface area contributed by atoms with Crippen LogP contribution in [0.2, 0.25) is 5.02 Å². The van der Waals surface area contributed by atoms with Crippen LogP contribution in [0.25, 0.3) is 43.2 Å². The number of hydrogen-bond acceptors (Lipinski definition) is 17. The van der Waals surface area contributed by atoms with Crippen molar-refractivity contribution in [2.75, 3.05) is 78.6 Å². The third kappa shape index (κ3) is 12.0. The largest absolute Gasteiger partial charge is 0.506 e. The van der Waals surface area contributed by atoms with Gasteiger partial charge in [-0.2, -0.15) is 10.1 Å². The first kappa shape index (κ1) is 51.8. The third-order valence-corrected chi connectivity index (χ3v) is 16.6. The molecule has 4 aromatic carbocycles. The topological polar surface area (TPSA) is 193 Å². The molecule has 3 fully saturated rings. The summed E-state index contributed by atoms with van der Waals surface area (Å²) in [6.45, 7) is 8.90. The van der Waals surface area contributed by atoms with Gasteiger partial charge in [0.1, 0.15) is 41.6 Å². The predicted octanol–water partition coefficient (Wildman–Crippen LogP) is 8.86. The van der Waals surface area contributed by atoms with Gasteiger partial charge in [-0.25, -0.2) is 24.7 Å². The number of aliphatic carboxylic acids is 1. The lowest BCUT2D eigenvalue weighted by molar-refractivity contribution is -0.145. The van der Waals surface area contributed by atoms with Crippen LogP contribution in [0.3, 0.4) is 0 Å². The van der Waals surface area contributed by atoms with Gasteiger partial charge in [0.2, 0.25) is 12.0 Å². The molecule has 2 saturated heterocycles. The van der Waals surface area contributed by atoms with Crippen molar-refractivity contribution in [3.8, 4) is 56.1 Å². The van der Waals surface area contributed by atoms with Crippen molar-refractivity contribution in [1.29, 1.82) is 0 Å². The van der Waals surface area contributed by atoms with Crippen LogP contribution in [0, 0.1) is 0 Å². The van der Waals surface area contributed by atoms with Crippen LogP contribution < -0.4 is 14.2 Å². The van der Waals surface area contributed by atoms with Crippen molar-refractivity contribution in [1.82, 2.24) is 44.8 Å². The van der Waals surface area contributed by atoms with Crippen LogP contribution in [-0.4, -0.2) is 156 Å². The molecule has 0 spiro atoms. The van der Waals surface area contributed by atoms with Crippen LogP contribution >= 0.6 is 22.9 Å². The quantitative estimate of drug-likeness (QED) is 0.0806. The number of hydroxylamine groups is 4. The third-order valence-electron chi connectivity index (χ3n) is 15.1. The molecule has 3 aromatic heterocycles. The minimum Gasteiger partial charge on any atom is -0.506 e. The van der Waals surface area contributed by atoms with Crippen molar-refractivity contribution in [3.63, 3.8) is 0 Å². The van der Waals surface area contributed by atoms with Crippen LogP contribution in [0.5, 0.6) is 23.1 Å². The molecule has 0 radical (unpaired) electrons. The zero-order valence-electron chi connectivity index (χ0n) is 42.3. The number of phenolic OH excluding ortho intramolecular Hbond substituents is 1. The van der Waals surface area contributed by atoms with Gasteiger partial charge in [0, 0.05) is 119 Å². The van der Waals surface area contributed by atoms with Gasteiger partial charge in [-0.05, 0) is 70.8 Å². The number of carbonyl (C=O) groups is 1. The summed E-state index contributed by atoms with van der Waals surface area (Å²) in [6.07, 6.45) is 6.38. The molecule has 4 aliphatic heterocycles. The van der Waals surface area contributed by atoms with Gasteiger partial charge in [0.25, 0.3) is 0 Å². The van der Waals surface area contributed by atoms with Crippen molar-refractivity contribution in [3.05, 3.63) is 130 Å². The number of carboxylic acid groups (broad SMARTS) is 1. The number of benzene rings is 4. The number of thiophene rings is 1. The number of halogens is 1. The normalized spacial score (nSPS) is 18.5. The van der Waals surface area contributed by atoms with E-state index in [9.17, 15) is 25.4 Å². The molecule has 0 amide bonds. The van der Waals surface area contributed by atoms with Gasteiger partial charge >= 0.3 is 5.97 Å². The molecule has 0 unspecified atom stereocenters. The van der Waals surface area contributed by atoms with E-state index in [4.69, 9.17) is 30.8 Å². The molecule has 4 N–H and O–H groups in total. The van der Waals surface area contributed by atoms with E-state index in [0.29, 0.717) is 108 Å². The standard InChI is InChI=1S/C57H62ClN9O8S/c58-51-42-13-14-46(52(51)68)49-50-55(60-36-61-56(50)76-53(49)40-11-9-39(10-12-40)38-4-1-2-5-38)75-48(57(69)70)32-43-30-37(33-65(34-42)19-18-63-20-24-66(71)25-21-63)8-15-47(43)74-35-44-16-17-59-54(62-44)41-6-3-7-45(31-41)73-29-28-64-22-26-67(72)27-23-64/h3,6-17,30-31,36,38,48,68,71-72H,1-2,4-5,18-29,32-35H2,(H,69,70)/t48-/m1/s1. The van der Waals surface area contributed by atoms with Gasteiger partial charge < -0.3 is 34.8 Å². The molecule has 1 aliphatic carbocycles. The second-order valence-corrected chi connectivity index (χ2v) is 21.5. The van der Waals surface area contributed by atoms with Crippen molar-refractivity contribution in [2.24, 2.45) is 0 Å². The molecular formula is C57H62ClN9O8S. The zero-order valence-corrected chi connectivity index (χ0v) is 43.8. The average molecular weight is 1070 g/mol. The highest BCUT2D eigenvalue weighted by Gasteiger charge is 2.30. The average Bonchev–Trinajstić information content (AvgIpc) is 4.17. The maximum Gasteiger partial charge on any atom is 0.345 e. The lowest BCUT2D eigenvalue weighted by Crippen LogP contribution is -2.47. The maximum absolute atomic E-state index is 13.5. The summed E-state index contributed by atoms with van der Waals surface area (Å²) in [7, 11) is 0. The molecule has 1 atom stereocenters. The lowest BCUT2D eigenvalue weighted by Gasteiger charge is -2.33. The Balaban J connectivity index is 0.919. The molecule has 1 saturated carbocycles. The molecule has 7 aromatic rings. The van der Waals surface area contributed by atoms with E-state index < -0.39 is 12.1 Å². The molecular weight excluding hydrogens is 1010 g/mol. The smallest absolute Gasteiger partial charge is 0.345 e. The van der Waals surface area contributed by atoms with E-state index in [-0.39, 0.29) is 29.7 Å². The van der Waals surface area contributed by atoms with Crippen LogP contribution in [0.15, 0.2) is 97.5 Å². The number of ether oxygens (including phenoxy) is 3. The van der Waals surface area contributed by atoms with Gasteiger partial charge in [-0.15, -0.1) is 11.3 Å². The molecule has 17 nitrogen and oxygen atoms in total. The van der Waals surface area contributed by atoms with Crippen molar-refractivity contribution in [2.45, 2.75) is 63.8 Å². The zero-order chi connectivity index (χ0) is 52.1. The maximum atomic E-state index is 13.5. The van der Waals surface area contributed by atoms with Crippen LogP contribution in [0.4, 0.5) is 0 Å². The Hall–Kier alpha value is -6.32. The summed E-state index contributed by atoms with van der Waals surface area (Å²) < 4.78 is 19.3. The van der Waals surface area contributed by atoms with E-state index >= 15 is 0 Å². The summed E-state index contributed by atoms with van der Waals surface area (Å²) in [5.74, 6) is 0.981. The first-order valence-electron chi connectivity index (χ1n) is 26.2. The lowest BCUT2D eigenvalue weighted by atomic mass is 9.94. The first-order valence-corrected chi connectivity index (χ1v) is 27.4. The minimum absolute atomic E-state index is 0.0672. The number of piperazine rings is 2. The van der Waals surface area contributed by atoms with Gasteiger partial charge in [-0.3, -0.25) is 14.7 Å². The monoisotopic (exact) mass is 1070 g/mol. The number of aromatic hydroxyl groups is 1. The van der Waals surface area contributed by atoms with Crippen molar-refractivity contribution < 1.29 is 39.6 Å². The number of hydrogen-bond donors (Lipinski definition) is 4. The Morgan fingerprint density at radius 2 is 1.51 bits per heavy atom. The fraction of sp³-hybridized carbons (Fsp3) is 0.386. The fourth-order valence-corrected chi connectivity index (χ4v) is 12.2. The second-order valence-electron chi connectivity index (χ2n) is 20.1. The molecule has 19 heteroatoms. The summed E-state index contributed by atoms with van der Waals surface area (Å²) in [5.41, 5.74) is 6.95. The highest BCUT2D eigenvalue weighted by molar-refractivity contribution is 7.22. The number of rotatable bonds is 14. The van der Waals surface area contributed by atoms with Gasteiger partial charge in [0.05, 0.1) is 16.1 Å². The number of nitrogens with zero attached hydrogens (tertiary/aromatic N) is 9. The number of aromatic nitrogens is 4. The molecule has 7 heterocycles. The van der Waals surface area contributed by atoms with E-state index in [1.165, 1.54) is 59.0 Å². The van der Waals surface area contributed by atoms with Gasteiger partial charge in [0.15, 0.2) is 5.82 Å². The molecule has 5 aliphatic rings. The highest BCUT2D eigenvalue weighted by atomic mass is 35.5. The van der Waals surface area contributed by atoms with Crippen LogP contribution in [-0.2, 0) is 30.9 Å². The van der Waals surface area contributed by atoms with Crippen LogP contribution in [0.1, 0.15) is 59.5 Å². The summed E-state index contributed by atoms with van der Waals surface area (Å²) in [6, 6.07) is 27.7.